The summed E-state index contributed by atoms with van der Waals surface area (Å²) in [7, 11) is 3.19. The van der Waals surface area contributed by atoms with Gasteiger partial charge in [-0.1, -0.05) is 18.2 Å². The molecule has 0 saturated carbocycles. The van der Waals surface area contributed by atoms with E-state index >= 15 is 0 Å². The van der Waals surface area contributed by atoms with Crippen LogP contribution in [0.2, 0.25) is 0 Å². The topological polar surface area (TPSA) is 56.8 Å². The summed E-state index contributed by atoms with van der Waals surface area (Å²) in [5.41, 5.74) is 2.12. The maximum atomic E-state index is 11.9. The van der Waals surface area contributed by atoms with Crippen molar-refractivity contribution >= 4 is 5.91 Å². The molecule has 0 radical (unpaired) electrons. The molecule has 134 valence electrons. The van der Waals surface area contributed by atoms with E-state index in [1.807, 2.05) is 49.4 Å². The number of hydrogen-bond acceptors (Lipinski definition) is 4. The van der Waals surface area contributed by atoms with Crippen LogP contribution in [0.4, 0.5) is 0 Å². The molecule has 5 heteroatoms. The van der Waals surface area contributed by atoms with E-state index in [0.717, 1.165) is 16.9 Å². The Labute approximate surface area is 148 Å². The molecule has 5 nitrogen and oxygen atoms in total. The fourth-order valence-corrected chi connectivity index (χ4v) is 2.41. The molecule has 0 bridgehead atoms. The first-order chi connectivity index (χ1) is 12.1. The van der Waals surface area contributed by atoms with E-state index < -0.39 is 0 Å². The Balaban J connectivity index is 1.70. The Hall–Kier alpha value is -2.69. The SMILES string of the molecule is COc1ccc(CNC(=O)CCCOc2cccc(C)c2)cc1OC. The van der Waals surface area contributed by atoms with Crippen molar-refractivity contribution in [3.8, 4) is 17.2 Å². The van der Waals surface area contributed by atoms with Gasteiger partial charge >= 0.3 is 0 Å². The van der Waals surface area contributed by atoms with Crippen LogP contribution < -0.4 is 19.5 Å². The van der Waals surface area contributed by atoms with Gasteiger partial charge in [-0.05, 0) is 48.7 Å². The van der Waals surface area contributed by atoms with E-state index in [1.165, 1.54) is 0 Å². The molecule has 0 heterocycles. The van der Waals surface area contributed by atoms with Gasteiger partial charge in [-0.15, -0.1) is 0 Å². The summed E-state index contributed by atoms with van der Waals surface area (Å²) in [6.45, 7) is 3.00. The van der Waals surface area contributed by atoms with Gasteiger partial charge in [-0.3, -0.25) is 4.79 Å². The fourth-order valence-electron chi connectivity index (χ4n) is 2.41. The molecule has 2 aromatic rings. The molecule has 0 aromatic heterocycles. The van der Waals surface area contributed by atoms with Gasteiger partial charge in [-0.25, -0.2) is 0 Å². The Kier molecular flexibility index (Phi) is 7.14. The van der Waals surface area contributed by atoms with Gasteiger partial charge in [0.1, 0.15) is 5.75 Å². The second-order valence-electron chi connectivity index (χ2n) is 5.73. The third-order valence-electron chi connectivity index (χ3n) is 3.74. The van der Waals surface area contributed by atoms with E-state index in [4.69, 9.17) is 14.2 Å². The number of hydrogen-bond donors (Lipinski definition) is 1. The highest BCUT2D eigenvalue weighted by atomic mass is 16.5. The molecule has 2 aromatic carbocycles. The van der Waals surface area contributed by atoms with Crippen molar-refractivity contribution in [3.05, 3.63) is 53.6 Å². The summed E-state index contributed by atoms with van der Waals surface area (Å²) in [6, 6.07) is 13.5. The van der Waals surface area contributed by atoms with Gasteiger partial charge in [0.05, 0.1) is 20.8 Å². The zero-order valence-electron chi connectivity index (χ0n) is 15.0. The van der Waals surface area contributed by atoms with Gasteiger partial charge < -0.3 is 19.5 Å². The van der Waals surface area contributed by atoms with Crippen LogP contribution in [0.25, 0.3) is 0 Å². The normalized spacial score (nSPS) is 10.2. The van der Waals surface area contributed by atoms with Crippen LogP contribution in [0.5, 0.6) is 17.2 Å². The molecular weight excluding hydrogens is 318 g/mol. The molecule has 0 fully saturated rings. The molecular formula is C20H25NO4. The first-order valence-electron chi connectivity index (χ1n) is 8.29. The van der Waals surface area contributed by atoms with E-state index in [2.05, 4.69) is 5.32 Å². The molecule has 1 N–H and O–H groups in total. The highest BCUT2D eigenvalue weighted by molar-refractivity contribution is 5.75. The molecule has 25 heavy (non-hydrogen) atoms. The van der Waals surface area contributed by atoms with Gasteiger partial charge in [0.25, 0.3) is 0 Å². The van der Waals surface area contributed by atoms with Crippen LogP contribution >= 0.6 is 0 Å². The molecule has 0 saturated heterocycles. The summed E-state index contributed by atoms with van der Waals surface area (Å²) in [5.74, 6) is 2.17. The van der Waals surface area contributed by atoms with Crippen molar-refractivity contribution in [2.45, 2.75) is 26.3 Å². The minimum absolute atomic E-state index is 0.00243. The maximum Gasteiger partial charge on any atom is 0.220 e. The minimum atomic E-state index is 0.00243. The van der Waals surface area contributed by atoms with Crippen LogP contribution in [-0.2, 0) is 11.3 Å². The standard InChI is InChI=1S/C20H25NO4/c1-15-6-4-7-17(12-15)25-11-5-8-20(22)21-14-16-9-10-18(23-2)19(13-16)24-3/h4,6-7,9-10,12-13H,5,8,11,14H2,1-3H3,(H,21,22). The number of carbonyl (C=O) groups excluding carboxylic acids is 1. The van der Waals surface area contributed by atoms with Crippen molar-refractivity contribution in [2.24, 2.45) is 0 Å². The lowest BCUT2D eigenvalue weighted by Gasteiger charge is -2.10. The minimum Gasteiger partial charge on any atom is -0.494 e. The summed E-state index contributed by atoms with van der Waals surface area (Å²) >= 11 is 0. The zero-order chi connectivity index (χ0) is 18.1. The predicted molar refractivity (Wildman–Crippen MR) is 97.3 cm³/mol. The van der Waals surface area contributed by atoms with Crippen molar-refractivity contribution in [2.75, 3.05) is 20.8 Å². The quantitative estimate of drug-likeness (QED) is 0.708. The smallest absolute Gasteiger partial charge is 0.220 e. The number of benzene rings is 2. The number of rotatable bonds is 9. The van der Waals surface area contributed by atoms with E-state index in [-0.39, 0.29) is 5.91 Å². The Bertz CT molecular complexity index is 700. The summed E-state index contributed by atoms with van der Waals surface area (Å²) < 4.78 is 16.1. The van der Waals surface area contributed by atoms with E-state index in [1.54, 1.807) is 14.2 Å². The van der Waals surface area contributed by atoms with Crippen LogP contribution in [0.1, 0.15) is 24.0 Å². The Morgan fingerprint density at radius 1 is 1.04 bits per heavy atom. The molecule has 2 rings (SSSR count). The molecule has 0 spiro atoms. The summed E-state index contributed by atoms with van der Waals surface area (Å²) in [6.07, 6.45) is 1.10. The lowest BCUT2D eigenvalue weighted by Crippen LogP contribution is -2.23. The monoisotopic (exact) mass is 343 g/mol. The molecule has 0 aliphatic heterocycles. The van der Waals surface area contributed by atoms with Crippen LogP contribution in [-0.4, -0.2) is 26.7 Å². The lowest BCUT2D eigenvalue weighted by molar-refractivity contribution is -0.121. The van der Waals surface area contributed by atoms with Crippen molar-refractivity contribution in [1.82, 2.24) is 5.32 Å². The molecule has 0 unspecified atom stereocenters. The fraction of sp³-hybridized carbons (Fsp3) is 0.350. The summed E-state index contributed by atoms with van der Waals surface area (Å²) in [5, 5.41) is 2.90. The van der Waals surface area contributed by atoms with Crippen LogP contribution in [0.3, 0.4) is 0 Å². The number of nitrogens with one attached hydrogen (secondary N) is 1. The summed E-state index contributed by atoms with van der Waals surface area (Å²) in [4.78, 5) is 11.9. The number of aryl methyl sites for hydroxylation is 1. The number of amides is 1. The first-order valence-corrected chi connectivity index (χ1v) is 8.29. The average Bonchev–Trinajstić information content (AvgIpc) is 2.63. The van der Waals surface area contributed by atoms with Crippen LogP contribution in [0, 0.1) is 6.92 Å². The number of methoxy groups -OCH3 is 2. The van der Waals surface area contributed by atoms with E-state index in [0.29, 0.717) is 37.5 Å². The molecule has 0 aliphatic rings. The number of carbonyl (C=O) groups is 1. The molecule has 1 amide bonds. The van der Waals surface area contributed by atoms with Crippen molar-refractivity contribution in [3.63, 3.8) is 0 Å². The highest BCUT2D eigenvalue weighted by Gasteiger charge is 2.06. The van der Waals surface area contributed by atoms with Crippen LogP contribution in [0.15, 0.2) is 42.5 Å². The van der Waals surface area contributed by atoms with Gasteiger partial charge in [-0.2, -0.15) is 0 Å². The Morgan fingerprint density at radius 2 is 1.84 bits per heavy atom. The highest BCUT2D eigenvalue weighted by Crippen LogP contribution is 2.27. The Morgan fingerprint density at radius 3 is 2.56 bits per heavy atom. The van der Waals surface area contributed by atoms with Gasteiger partial charge in [0.15, 0.2) is 11.5 Å². The van der Waals surface area contributed by atoms with Gasteiger partial charge in [0, 0.05) is 13.0 Å². The zero-order valence-corrected chi connectivity index (χ0v) is 15.0. The third kappa shape index (κ3) is 6.03. The second-order valence-corrected chi connectivity index (χ2v) is 5.73. The third-order valence-corrected chi connectivity index (χ3v) is 3.74. The van der Waals surface area contributed by atoms with E-state index in [9.17, 15) is 4.79 Å². The second kappa shape index (κ2) is 9.57. The predicted octanol–water partition coefficient (Wildman–Crippen LogP) is 3.49. The first kappa shape index (κ1) is 18.6. The molecule has 0 atom stereocenters. The lowest BCUT2D eigenvalue weighted by atomic mass is 10.2. The number of ether oxygens (including phenoxy) is 3. The van der Waals surface area contributed by atoms with Gasteiger partial charge in [0.2, 0.25) is 5.91 Å². The van der Waals surface area contributed by atoms with Crippen molar-refractivity contribution < 1.29 is 19.0 Å². The van der Waals surface area contributed by atoms with Crippen molar-refractivity contribution in [1.29, 1.82) is 0 Å². The average molecular weight is 343 g/mol. The maximum absolute atomic E-state index is 11.9. The molecule has 0 aliphatic carbocycles. The largest absolute Gasteiger partial charge is 0.494 e.